The van der Waals surface area contributed by atoms with E-state index in [4.69, 9.17) is 4.98 Å². The van der Waals surface area contributed by atoms with Crippen molar-refractivity contribution in [3.8, 4) is 5.69 Å². The van der Waals surface area contributed by atoms with Crippen LogP contribution in [0, 0.1) is 13.8 Å². The second kappa shape index (κ2) is 7.39. The van der Waals surface area contributed by atoms with Gasteiger partial charge in [0.05, 0.1) is 29.8 Å². The van der Waals surface area contributed by atoms with E-state index in [1.807, 2.05) is 49.3 Å². The van der Waals surface area contributed by atoms with Gasteiger partial charge in [0.1, 0.15) is 5.82 Å². The van der Waals surface area contributed by atoms with E-state index in [1.54, 1.807) is 4.68 Å². The Hall–Kier alpha value is -3.09. The molecule has 0 radical (unpaired) electrons. The molecule has 0 bridgehead atoms. The fraction of sp³-hybridized carbons (Fsp3) is 0.409. The fourth-order valence-corrected chi connectivity index (χ4v) is 3.93. The maximum atomic E-state index is 13.1. The largest absolute Gasteiger partial charge is 0.334 e. The van der Waals surface area contributed by atoms with Gasteiger partial charge in [-0.15, -0.1) is 0 Å². The zero-order chi connectivity index (χ0) is 20.7. The number of amides is 2. The number of anilines is 1. The summed E-state index contributed by atoms with van der Waals surface area (Å²) in [6, 6.07) is 5.88. The van der Waals surface area contributed by atoms with Crippen LogP contribution in [0.4, 0.5) is 10.5 Å². The van der Waals surface area contributed by atoms with Gasteiger partial charge in [-0.3, -0.25) is 0 Å². The van der Waals surface area contributed by atoms with Crippen LogP contribution in [0.5, 0.6) is 0 Å². The minimum absolute atomic E-state index is 0.108. The monoisotopic (exact) mass is 392 g/mol. The van der Waals surface area contributed by atoms with Crippen LogP contribution in [0.3, 0.4) is 0 Å². The Morgan fingerprint density at radius 3 is 2.69 bits per heavy atom. The lowest BCUT2D eigenvalue weighted by molar-refractivity contribution is 0.205. The molecule has 3 aromatic rings. The highest BCUT2D eigenvalue weighted by atomic mass is 16.2. The molecule has 0 unspecified atom stereocenters. The Kier molecular flexibility index (Phi) is 4.90. The zero-order valence-corrected chi connectivity index (χ0v) is 17.7. The third kappa shape index (κ3) is 3.64. The topological polar surface area (TPSA) is 68.0 Å². The van der Waals surface area contributed by atoms with Crippen LogP contribution in [0.1, 0.15) is 48.1 Å². The number of hydrogen-bond acceptors (Lipinski definition) is 3. The minimum Gasteiger partial charge on any atom is -0.334 e. The average molecular weight is 393 g/mol. The molecular formula is C22H28N6O. The first-order valence-corrected chi connectivity index (χ1v) is 10.1. The second-order valence-electron chi connectivity index (χ2n) is 8.16. The molecule has 29 heavy (non-hydrogen) atoms. The number of nitrogens with zero attached hydrogens (tertiary/aromatic N) is 5. The summed E-state index contributed by atoms with van der Waals surface area (Å²) < 4.78 is 3.99. The lowest BCUT2D eigenvalue weighted by atomic mass is 10.1. The van der Waals surface area contributed by atoms with E-state index in [9.17, 15) is 4.79 Å². The molecule has 0 spiro atoms. The van der Waals surface area contributed by atoms with Gasteiger partial charge < -0.3 is 14.8 Å². The summed E-state index contributed by atoms with van der Waals surface area (Å²) in [7, 11) is 2.07. The zero-order valence-electron chi connectivity index (χ0n) is 17.7. The van der Waals surface area contributed by atoms with Gasteiger partial charge >= 0.3 is 6.03 Å². The van der Waals surface area contributed by atoms with E-state index in [0.29, 0.717) is 19.0 Å². The highest BCUT2D eigenvalue weighted by Gasteiger charge is 2.26. The Bertz CT molecular complexity index is 1060. The van der Waals surface area contributed by atoms with Crippen molar-refractivity contribution in [1.29, 1.82) is 0 Å². The predicted molar refractivity (Wildman–Crippen MR) is 113 cm³/mol. The van der Waals surface area contributed by atoms with Gasteiger partial charge in [-0.2, -0.15) is 5.10 Å². The highest BCUT2D eigenvalue weighted by Crippen LogP contribution is 2.26. The molecule has 1 aliphatic rings. The molecule has 0 saturated heterocycles. The van der Waals surface area contributed by atoms with Crippen LogP contribution < -0.4 is 5.32 Å². The first-order valence-electron chi connectivity index (χ1n) is 10.1. The lowest BCUT2D eigenvalue weighted by Crippen LogP contribution is -2.39. The maximum Gasteiger partial charge on any atom is 0.322 e. The van der Waals surface area contributed by atoms with Crippen LogP contribution in [-0.4, -0.2) is 36.8 Å². The molecule has 0 atom stereocenters. The molecule has 0 saturated carbocycles. The summed E-state index contributed by atoms with van der Waals surface area (Å²) >= 11 is 0. The summed E-state index contributed by atoms with van der Waals surface area (Å²) in [6.07, 6.45) is 4.58. The number of rotatable bonds is 3. The summed E-state index contributed by atoms with van der Waals surface area (Å²) in [5, 5.41) is 7.49. The van der Waals surface area contributed by atoms with Gasteiger partial charge in [0.2, 0.25) is 0 Å². The lowest BCUT2D eigenvalue weighted by Gasteiger charge is -2.27. The number of benzene rings is 1. The van der Waals surface area contributed by atoms with Crippen molar-refractivity contribution >= 4 is 11.7 Å². The molecule has 4 rings (SSSR count). The summed E-state index contributed by atoms with van der Waals surface area (Å²) in [5.74, 6) is 1.44. The average Bonchev–Trinajstić information content (AvgIpc) is 3.25. The number of aromatic nitrogens is 4. The number of aryl methyl sites for hydroxylation is 2. The predicted octanol–water partition coefficient (Wildman–Crippen LogP) is 3.94. The summed E-state index contributed by atoms with van der Waals surface area (Å²) in [5.41, 5.74) is 6.01. The number of nitrogens with one attached hydrogen (secondary N) is 1. The number of carbonyl (C=O) groups is 1. The molecule has 152 valence electrons. The number of carbonyl (C=O) groups excluding carboxylic acids is 1. The van der Waals surface area contributed by atoms with Crippen molar-refractivity contribution in [3.05, 3.63) is 58.9 Å². The van der Waals surface area contributed by atoms with E-state index in [2.05, 4.69) is 35.9 Å². The number of imidazole rings is 1. The van der Waals surface area contributed by atoms with Gasteiger partial charge in [0, 0.05) is 37.8 Å². The van der Waals surface area contributed by atoms with Crippen molar-refractivity contribution in [2.75, 3.05) is 11.9 Å². The number of hydrogen-bond donors (Lipinski definition) is 1. The van der Waals surface area contributed by atoms with Crippen molar-refractivity contribution in [1.82, 2.24) is 24.2 Å². The number of fused-ring (bicyclic) bond motifs is 1. The molecule has 0 aliphatic carbocycles. The van der Waals surface area contributed by atoms with Gasteiger partial charge in [-0.1, -0.05) is 19.9 Å². The van der Waals surface area contributed by atoms with Gasteiger partial charge in [0.15, 0.2) is 0 Å². The third-order valence-corrected chi connectivity index (χ3v) is 5.45. The molecule has 3 heterocycles. The Morgan fingerprint density at radius 1 is 1.21 bits per heavy atom. The molecule has 2 amide bonds. The summed E-state index contributed by atoms with van der Waals surface area (Å²) in [4.78, 5) is 19.7. The van der Waals surface area contributed by atoms with E-state index in [1.165, 1.54) is 5.69 Å². The first-order chi connectivity index (χ1) is 13.8. The van der Waals surface area contributed by atoms with Crippen molar-refractivity contribution in [2.45, 2.75) is 46.6 Å². The normalized spacial score (nSPS) is 13.7. The van der Waals surface area contributed by atoms with Gasteiger partial charge in [-0.05, 0) is 37.1 Å². The molecule has 7 nitrogen and oxygen atoms in total. The standard InChI is InChI=1S/C22H28N6O/c1-14(2)21-24-18-13-27(9-8-19(18)26(21)5)22(29)25-17-10-15(3)6-7-20(17)28-12-16(4)11-23-28/h6-7,10-12,14H,8-9,13H2,1-5H3,(H,25,29). The van der Waals surface area contributed by atoms with Gasteiger partial charge in [-0.25, -0.2) is 14.5 Å². The van der Waals surface area contributed by atoms with Crippen LogP contribution in [0.25, 0.3) is 5.69 Å². The highest BCUT2D eigenvalue weighted by molar-refractivity contribution is 5.91. The second-order valence-corrected chi connectivity index (χ2v) is 8.16. The van der Waals surface area contributed by atoms with E-state index in [-0.39, 0.29) is 6.03 Å². The van der Waals surface area contributed by atoms with E-state index in [0.717, 1.165) is 40.4 Å². The van der Waals surface area contributed by atoms with Gasteiger partial charge in [0.25, 0.3) is 0 Å². The van der Waals surface area contributed by atoms with Crippen LogP contribution >= 0.6 is 0 Å². The summed E-state index contributed by atoms with van der Waals surface area (Å²) in [6.45, 7) is 9.52. The van der Waals surface area contributed by atoms with Crippen LogP contribution in [-0.2, 0) is 20.0 Å². The molecule has 2 aromatic heterocycles. The first kappa shape index (κ1) is 19.2. The van der Waals surface area contributed by atoms with Crippen molar-refractivity contribution in [2.24, 2.45) is 7.05 Å². The quantitative estimate of drug-likeness (QED) is 0.734. The molecule has 7 heteroatoms. The third-order valence-electron chi connectivity index (χ3n) is 5.45. The van der Waals surface area contributed by atoms with E-state index < -0.39 is 0 Å². The SMILES string of the molecule is Cc1ccc(-n2cc(C)cn2)c(NC(=O)N2CCc3c(nc(C(C)C)n3C)C2)c1. The van der Waals surface area contributed by atoms with E-state index >= 15 is 0 Å². The van der Waals surface area contributed by atoms with Crippen molar-refractivity contribution in [3.63, 3.8) is 0 Å². The van der Waals surface area contributed by atoms with Crippen LogP contribution in [0.15, 0.2) is 30.6 Å². The Balaban J connectivity index is 1.56. The molecule has 0 fully saturated rings. The Labute approximate surface area is 171 Å². The number of urea groups is 1. The molecule has 1 aliphatic heterocycles. The smallest absolute Gasteiger partial charge is 0.322 e. The maximum absolute atomic E-state index is 13.1. The minimum atomic E-state index is -0.108. The fourth-order valence-electron chi connectivity index (χ4n) is 3.93. The molecule has 1 aromatic carbocycles. The Morgan fingerprint density at radius 2 is 2.00 bits per heavy atom. The van der Waals surface area contributed by atoms with Crippen molar-refractivity contribution < 1.29 is 4.79 Å². The molecule has 1 N–H and O–H groups in total. The molecular weight excluding hydrogens is 364 g/mol. The van der Waals surface area contributed by atoms with Crippen LogP contribution in [0.2, 0.25) is 0 Å².